The van der Waals surface area contributed by atoms with Crippen LogP contribution in [-0.2, 0) is 19.7 Å². The number of hydrogen-bond acceptors (Lipinski definition) is 4. The van der Waals surface area contributed by atoms with Crippen molar-refractivity contribution in [3.8, 4) is 0 Å². The molecule has 152 valence electrons. The molecule has 0 heterocycles. The van der Waals surface area contributed by atoms with Crippen molar-refractivity contribution < 1.29 is 21.6 Å². The zero-order valence-electron chi connectivity index (χ0n) is 15.9. The Morgan fingerprint density at radius 1 is 0.613 bits per heavy atom. The molecule has 8 heteroatoms. The van der Waals surface area contributed by atoms with E-state index in [4.69, 9.17) is 0 Å². The van der Waals surface area contributed by atoms with E-state index in [1.807, 2.05) is 30.3 Å². The Morgan fingerprint density at radius 3 is 1.84 bits per heavy atom. The molecule has 0 atom stereocenters. The van der Waals surface area contributed by atoms with Crippen LogP contribution in [-0.4, -0.2) is 26.0 Å². The molecule has 5 rings (SSSR count). The van der Waals surface area contributed by atoms with Gasteiger partial charge in [-0.05, 0) is 45.1 Å². The molecule has 0 aliphatic heterocycles. The van der Waals surface area contributed by atoms with E-state index in [0.29, 0.717) is 10.8 Å². The van der Waals surface area contributed by atoms with Crippen LogP contribution in [0.15, 0.2) is 94.7 Å². The zero-order chi connectivity index (χ0) is 21.8. The van der Waals surface area contributed by atoms with Crippen molar-refractivity contribution in [3.05, 3.63) is 90.5 Å². The Morgan fingerprint density at radius 2 is 1.19 bits per heavy atom. The summed E-state index contributed by atoms with van der Waals surface area (Å²) < 4.78 is 51.6. The molecule has 0 unspecified atom stereocenters. The topological polar surface area (TPSA) is 105 Å². The van der Waals surface area contributed by atoms with Crippen LogP contribution in [0, 0.1) is 0 Å². The summed E-state index contributed by atoms with van der Waals surface area (Å²) in [5.41, 5.74) is 9.49. The van der Waals surface area contributed by atoms with Gasteiger partial charge in [-0.25, -0.2) is 16.8 Å². The Labute approximate surface area is 178 Å². The van der Waals surface area contributed by atoms with E-state index < -0.39 is 24.1 Å². The van der Waals surface area contributed by atoms with Crippen molar-refractivity contribution in [2.24, 2.45) is 0 Å². The fourth-order valence-electron chi connectivity index (χ4n) is 3.99. The molecule has 0 aliphatic rings. The lowest BCUT2D eigenvalue weighted by molar-refractivity contribution is 0.00381. The van der Waals surface area contributed by atoms with Gasteiger partial charge in [0.15, 0.2) is 0 Å². The van der Waals surface area contributed by atoms with Gasteiger partial charge in [-0.1, -0.05) is 66.7 Å². The van der Waals surface area contributed by atoms with Crippen molar-refractivity contribution in [2.45, 2.75) is 9.79 Å². The third-order valence-corrected chi connectivity index (χ3v) is 9.60. The molecule has 5 aromatic rings. The predicted molar refractivity (Wildman–Crippen MR) is 120 cm³/mol. The molecule has 0 N–H and O–H groups in total. The van der Waals surface area contributed by atoms with Gasteiger partial charge in [0.25, 0.3) is 19.7 Å². The number of rotatable bonds is 2. The molecule has 0 radical (unpaired) electrons. The Balaban J connectivity index is 1.83. The second kappa shape index (κ2) is 6.72. The average Bonchev–Trinajstić information content (AvgIpc) is 2.78. The fraction of sp³-hybridized carbons (Fsp3) is 0. The minimum atomic E-state index is -4.67. The van der Waals surface area contributed by atoms with E-state index in [1.165, 1.54) is 30.3 Å². The Hall–Kier alpha value is -3.58. The molecule has 0 saturated heterocycles. The molecule has 0 saturated carbocycles. The summed E-state index contributed by atoms with van der Waals surface area (Å²) in [5.74, 6) is 0. The predicted octanol–water partition coefficient (Wildman–Crippen LogP) is 4.42. The minimum absolute atomic E-state index is 0.231. The van der Waals surface area contributed by atoms with Crippen molar-refractivity contribution in [1.82, 2.24) is 0 Å². The maximum absolute atomic E-state index is 13.5. The summed E-state index contributed by atoms with van der Waals surface area (Å²) in [6.45, 7) is 0. The standard InChI is InChI=1S/C23H14N2O4S2/c24-25-23(30(26,27)18-7-2-1-3-8-18)31(28,29)20-14-12-17-10-9-15-5-4-6-16-11-13-19(20)22(17)21(15)16/h1-14H. The van der Waals surface area contributed by atoms with Gasteiger partial charge in [-0.15, -0.1) is 4.79 Å². The Kier molecular flexibility index (Phi) is 4.20. The highest BCUT2D eigenvalue weighted by Crippen LogP contribution is 2.38. The van der Waals surface area contributed by atoms with Crippen molar-refractivity contribution in [2.75, 3.05) is 0 Å². The number of nitrogens with zero attached hydrogens (tertiary/aromatic N) is 2. The molecular weight excluding hydrogens is 432 g/mol. The summed E-state index contributed by atoms with van der Waals surface area (Å²) >= 11 is 0. The number of hydrogen-bond donors (Lipinski definition) is 0. The molecule has 0 fully saturated rings. The van der Waals surface area contributed by atoms with Crippen LogP contribution in [0.3, 0.4) is 0 Å². The summed E-state index contributed by atoms with van der Waals surface area (Å²) in [6, 6.07) is 23.1. The SMILES string of the molecule is [N-]=[N+]=C(S(=O)(=O)c1ccccc1)S(=O)(=O)c1ccc2ccc3cccc4ccc1c2c34. The lowest BCUT2D eigenvalue weighted by Crippen LogP contribution is -2.26. The van der Waals surface area contributed by atoms with Crippen molar-refractivity contribution in [1.29, 1.82) is 0 Å². The summed E-state index contributed by atoms with van der Waals surface area (Å²) in [5, 5.41) is 4.68. The minimum Gasteiger partial charge on any atom is -0.359 e. The monoisotopic (exact) mass is 446 g/mol. The quantitative estimate of drug-likeness (QED) is 0.132. The zero-order valence-corrected chi connectivity index (χ0v) is 17.6. The molecule has 0 amide bonds. The highest BCUT2D eigenvalue weighted by molar-refractivity contribution is 8.31. The molecule has 31 heavy (non-hydrogen) atoms. The lowest BCUT2D eigenvalue weighted by atomic mass is 9.94. The van der Waals surface area contributed by atoms with Crippen LogP contribution in [0.5, 0.6) is 0 Å². The second-order valence-electron chi connectivity index (χ2n) is 7.11. The first kappa shape index (κ1) is 19.4. The smallest absolute Gasteiger partial charge is 0.359 e. The first-order chi connectivity index (χ1) is 14.9. The van der Waals surface area contributed by atoms with Crippen LogP contribution in [0.25, 0.3) is 37.8 Å². The highest BCUT2D eigenvalue weighted by Gasteiger charge is 2.44. The summed E-state index contributed by atoms with van der Waals surface area (Å²) in [7, 11) is -9.24. The summed E-state index contributed by atoms with van der Waals surface area (Å²) in [4.78, 5) is 2.23. The van der Waals surface area contributed by atoms with E-state index in [2.05, 4.69) is 4.79 Å². The van der Waals surface area contributed by atoms with Gasteiger partial charge < -0.3 is 5.53 Å². The van der Waals surface area contributed by atoms with Gasteiger partial charge >= 0.3 is 4.38 Å². The highest BCUT2D eigenvalue weighted by atomic mass is 32.3. The van der Waals surface area contributed by atoms with E-state index in [-0.39, 0.29) is 9.79 Å². The first-order valence-electron chi connectivity index (χ1n) is 9.29. The molecule has 0 aliphatic carbocycles. The van der Waals surface area contributed by atoms with Crippen LogP contribution < -0.4 is 0 Å². The lowest BCUT2D eigenvalue weighted by Gasteiger charge is -2.13. The van der Waals surface area contributed by atoms with Crippen molar-refractivity contribution >= 4 is 56.4 Å². The molecule has 0 spiro atoms. The molecule has 0 bridgehead atoms. The van der Waals surface area contributed by atoms with E-state index in [1.54, 1.807) is 24.3 Å². The number of benzene rings is 5. The first-order valence-corrected chi connectivity index (χ1v) is 12.3. The molecule has 5 aromatic carbocycles. The van der Waals surface area contributed by atoms with Crippen LogP contribution in [0.1, 0.15) is 0 Å². The van der Waals surface area contributed by atoms with Gasteiger partial charge in [-0.2, -0.15) is 0 Å². The van der Waals surface area contributed by atoms with Crippen LogP contribution in [0.2, 0.25) is 0 Å². The van der Waals surface area contributed by atoms with Gasteiger partial charge in [-0.3, -0.25) is 0 Å². The number of sulfone groups is 2. The van der Waals surface area contributed by atoms with Crippen LogP contribution >= 0.6 is 0 Å². The van der Waals surface area contributed by atoms with E-state index >= 15 is 0 Å². The average molecular weight is 447 g/mol. The second-order valence-corrected chi connectivity index (χ2v) is 11.1. The molecule has 6 nitrogen and oxygen atoms in total. The Bertz CT molecular complexity index is 1740. The van der Waals surface area contributed by atoms with Gasteiger partial charge in [0.1, 0.15) is 0 Å². The maximum Gasteiger partial charge on any atom is 0.504 e. The fourth-order valence-corrected chi connectivity index (χ4v) is 7.53. The summed E-state index contributed by atoms with van der Waals surface area (Å²) in [6.07, 6.45) is 0. The van der Waals surface area contributed by atoms with Gasteiger partial charge in [0.2, 0.25) is 0 Å². The normalized spacial score (nSPS) is 12.4. The van der Waals surface area contributed by atoms with E-state index in [0.717, 1.165) is 21.5 Å². The largest absolute Gasteiger partial charge is 0.504 e. The van der Waals surface area contributed by atoms with E-state index in [9.17, 15) is 22.4 Å². The molecular formula is C23H14N2O4S2. The van der Waals surface area contributed by atoms with Gasteiger partial charge in [0, 0.05) is 5.39 Å². The third kappa shape index (κ3) is 2.77. The van der Waals surface area contributed by atoms with Crippen LogP contribution in [0.4, 0.5) is 0 Å². The van der Waals surface area contributed by atoms with Gasteiger partial charge in [0.05, 0.1) is 9.79 Å². The third-order valence-electron chi connectivity index (χ3n) is 5.37. The maximum atomic E-state index is 13.5. The van der Waals surface area contributed by atoms with Crippen molar-refractivity contribution in [3.63, 3.8) is 0 Å². The molecule has 0 aromatic heterocycles.